The zero-order valence-electron chi connectivity index (χ0n) is 18.7. The fraction of sp³-hybridized carbons (Fsp3) is 0.0741. The van der Waals surface area contributed by atoms with Crippen LogP contribution in [0, 0.1) is 6.92 Å². The summed E-state index contributed by atoms with van der Waals surface area (Å²) in [5.74, 6) is 1.03. The van der Waals surface area contributed by atoms with Crippen LogP contribution in [0.3, 0.4) is 0 Å². The van der Waals surface area contributed by atoms with Crippen molar-refractivity contribution >= 4 is 23.2 Å². The zero-order valence-corrected chi connectivity index (χ0v) is 18.7. The van der Waals surface area contributed by atoms with Gasteiger partial charge in [0.1, 0.15) is 0 Å². The second kappa shape index (κ2) is 10.3. The van der Waals surface area contributed by atoms with Crippen molar-refractivity contribution in [2.24, 2.45) is 0 Å². The van der Waals surface area contributed by atoms with Crippen molar-refractivity contribution in [3.8, 4) is 17.4 Å². The third kappa shape index (κ3) is 5.58. The highest BCUT2D eigenvalue weighted by Gasteiger charge is 2.10. The molecule has 2 N–H and O–H groups in total. The SMILES string of the molecule is COc1cc(C)ccc1Oc1ccc(NC(=O)c2ccc(NC(=O)c3ccccc3)cc2)cn1. The number of aryl methyl sites for hydroxylation is 1. The number of carbonyl (C=O) groups is 2. The minimum atomic E-state index is -0.295. The van der Waals surface area contributed by atoms with Crippen LogP contribution in [0.2, 0.25) is 0 Å². The van der Waals surface area contributed by atoms with Gasteiger partial charge in [-0.1, -0.05) is 24.3 Å². The predicted octanol–water partition coefficient (Wildman–Crippen LogP) is 5.70. The van der Waals surface area contributed by atoms with Gasteiger partial charge in [-0.25, -0.2) is 4.98 Å². The molecule has 4 aromatic rings. The average Bonchev–Trinajstić information content (AvgIpc) is 2.87. The van der Waals surface area contributed by atoms with E-state index in [1.54, 1.807) is 67.8 Å². The van der Waals surface area contributed by atoms with Gasteiger partial charge in [-0.05, 0) is 67.1 Å². The molecule has 170 valence electrons. The summed E-state index contributed by atoms with van der Waals surface area (Å²) in [5, 5.41) is 5.60. The van der Waals surface area contributed by atoms with Crippen LogP contribution in [-0.2, 0) is 0 Å². The Morgan fingerprint density at radius 3 is 2.03 bits per heavy atom. The van der Waals surface area contributed by atoms with Crippen molar-refractivity contribution in [1.82, 2.24) is 4.98 Å². The topological polar surface area (TPSA) is 89.5 Å². The number of anilines is 2. The molecular weight excluding hydrogens is 430 g/mol. The number of hydrogen-bond acceptors (Lipinski definition) is 5. The normalized spacial score (nSPS) is 10.3. The maximum atomic E-state index is 12.6. The number of carbonyl (C=O) groups excluding carboxylic acids is 2. The van der Waals surface area contributed by atoms with E-state index in [9.17, 15) is 9.59 Å². The molecule has 0 radical (unpaired) electrons. The van der Waals surface area contributed by atoms with E-state index in [0.717, 1.165) is 5.56 Å². The number of aromatic nitrogens is 1. The van der Waals surface area contributed by atoms with Crippen LogP contribution in [0.25, 0.3) is 0 Å². The number of benzene rings is 3. The molecule has 0 unspecified atom stereocenters. The maximum Gasteiger partial charge on any atom is 0.255 e. The van der Waals surface area contributed by atoms with E-state index in [4.69, 9.17) is 9.47 Å². The summed E-state index contributed by atoms with van der Waals surface area (Å²) in [5.41, 5.74) is 3.18. The van der Waals surface area contributed by atoms with E-state index in [1.807, 2.05) is 31.2 Å². The highest BCUT2D eigenvalue weighted by molar-refractivity contribution is 6.06. The highest BCUT2D eigenvalue weighted by atomic mass is 16.5. The summed E-state index contributed by atoms with van der Waals surface area (Å²) >= 11 is 0. The van der Waals surface area contributed by atoms with E-state index in [-0.39, 0.29) is 11.8 Å². The molecule has 3 aromatic carbocycles. The molecule has 34 heavy (non-hydrogen) atoms. The molecular formula is C27H23N3O4. The number of amides is 2. The largest absolute Gasteiger partial charge is 0.493 e. The number of pyridine rings is 1. The van der Waals surface area contributed by atoms with Crippen LogP contribution in [0.4, 0.5) is 11.4 Å². The standard InChI is InChI=1S/C27H23N3O4/c1-18-8-14-23(24(16-18)33-2)34-25-15-13-22(17-28-25)30-27(32)20-9-11-21(12-10-20)29-26(31)19-6-4-3-5-7-19/h3-17H,1-2H3,(H,29,31)(H,30,32). The molecule has 1 aromatic heterocycles. The second-order valence-electron chi connectivity index (χ2n) is 7.49. The van der Waals surface area contributed by atoms with Crippen LogP contribution in [0.15, 0.2) is 91.1 Å². The summed E-state index contributed by atoms with van der Waals surface area (Å²) in [7, 11) is 1.58. The number of nitrogens with zero attached hydrogens (tertiary/aromatic N) is 1. The summed E-state index contributed by atoms with van der Waals surface area (Å²) < 4.78 is 11.1. The van der Waals surface area contributed by atoms with Crippen molar-refractivity contribution in [3.63, 3.8) is 0 Å². The molecule has 7 nitrogen and oxygen atoms in total. The minimum absolute atomic E-state index is 0.213. The average molecular weight is 453 g/mol. The lowest BCUT2D eigenvalue weighted by atomic mass is 10.1. The minimum Gasteiger partial charge on any atom is -0.493 e. The first-order chi connectivity index (χ1) is 16.5. The number of ether oxygens (including phenoxy) is 2. The first kappa shape index (κ1) is 22.5. The van der Waals surface area contributed by atoms with Crippen molar-refractivity contribution < 1.29 is 19.1 Å². The van der Waals surface area contributed by atoms with Gasteiger partial charge in [-0.2, -0.15) is 0 Å². The maximum absolute atomic E-state index is 12.6. The van der Waals surface area contributed by atoms with Gasteiger partial charge in [0.05, 0.1) is 19.0 Å². The quantitative estimate of drug-likeness (QED) is 0.375. The summed E-state index contributed by atoms with van der Waals surface area (Å²) in [4.78, 5) is 29.1. The van der Waals surface area contributed by atoms with Gasteiger partial charge in [0.2, 0.25) is 5.88 Å². The molecule has 0 saturated carbocycles. The van der Waals surface area contributed by atoms with Crippen LogP contribution >= 0.6 is 0 Å². The van der Waals surface area contributed by atoms with Crippen molar-refractivity contribution in [2.45, 2.75) is 6.92 Å². The Kier molecular flexibility index (Phi) is 6.84. The summed E-state index contributed by atoms with van der Waals surface area (Å²) in [6, 6.07) is 24.6. The van der Waals surface area contributed by atoms with Gasteiger partial charge in [0, 0.05) is 22.9 Å². The molecule has 4 rings (SSSR count). The van der Waals surface area contributed by atoms with E-state index < -0.39 is 0 Å². The lowest BCUT2D eigenvalue weighted by Crippen LogP contribution is -2.13. The molecule has 0 saturated heterocycles. The van der Waals surface area contributed by atoms with E-state index in [2.05, 4.69) is 15.6 Å². The molecule has 0 aliphatic heterocycles. The number of hydrogen-bond donors (Lipinski definition) is 2. The van der Waals surface area contributed by atoms with Gasteiger partial charge >= 0.3 is 0 Å². The van der Waals surface area contributed by atoms with Crippen molar-refractivity contribution in [2.75, 3.05) is 17.7 Å². The third-order valence-electron chi connectivity index (χ3n) is 4.97. The van der Waals surface area contributed by atoms with Crippen LogP contribution in [0.5, 0.6) is 17.4 Å². The Morgan fingerprint density at radius 2 is 1.38 bits per heavy atom. The fourth-order valence-electron chi connectivity index (χ4n) is 3.19. The Labute approximate surface area is 197 Å². The Bertz CT molecular complexity index is 1290. The lowest BCUT2D eigenvalue weighted by Gasteiger charge is -2.11. The highest BCUT2D eigenvalue weighted by Crippen LogP contribution is 2.31. The first-order valence-corrected chi connectivity index (χ1v) is 10.6. The first-order valence-electron chi connectivity index (χ1n) is 10.6. The van der Waals surface area contributed by atoms with Gasteiger partial charge in [0.25, 0.3) is 11.8 Å². The number of rotatable bonds is 7. The number of methoxy groups -OCH3 is 1. The molecule has 1 heterocycles. The van der Waals surface area contributed by atoms with Gasteiger partial charge in [-0.3, -0.25) is 9.59 Å². The van der Waals surface area contributed by atoms with E-state index in [1.165, 1.54) is 6.20 Å². The molecule has 0 aliphatic carbocycles. The summed E-state index contributed by atoms with van der Waals surface area (Å²) in [6.45, 7) is 1.97. The monoisotopic (exact) mass is 453 g/mol. The molecule has 0 atom stereocenters. The third-order valence-corrected chi connectivity index (χ3v) is 4.97. The van der Waals surface area contributed by atoms with Crippen LogP contribution < -0.4 is 20.1 Å². The molecule has 0 fully saturated rings. The van der Waals surface area contributed by atoms with Crippen molar-refractivity contribution in [3.05, 3.63) is 108 Å². The van der Waals surface area contributed by atoms with Gasteiger partial charge < -0.3 is 20.1 Å². The van der Waals surface area contributed by atoms with Gasteiger partial charge in [-0.15, -0.1) is 0 Å². The van der Waals surface area contributed by atoms with Crippen LogP contribution in [0.1, 0.15) is 26.3 Å². The Hall–Kier alpha value is -4.65. The predicted molar refractivity (Wildman–Crippen MR) is 131 cm³/mol. The zero-order chi connectivity index (χ0) is 23.9. The molecule has 0 bridgehead atoms. The van der Waals surface area contributed by atoms with Crippen molar-refractivity contribution in [1.29, 1.82) is 0 Å². The van der Waals surface area contributed by atoms with E-state index >= 15 is 0 Å². The van der Waals surface area contributed by atoms with E-state index in [0.29, 0.717) is 39.9 Å². The van der Waals surface area contributed by atoms with Crippen LogP contribution in [-0.4, -0.2) is 23.9 Å². The number of nitrogens with one attached hydrogen (secondary N) is 2. The Balaban J connectivity index is 1.36. The fourth-order valence-corrected chi connectivity index (χ4v) is 3.19. The second-order valence-corrected chi connectivity index (χ2v) is 7.49. The molecule has 2 amide bonds. The molecule has 0 spiro atoms. The Morgan fingerprint density at radius 1 is 0.735 bits per heavy atom. The molecule has 0 aliphatic rings. The van der Waals surface area contributed by atoms with Gasteiger partial charge in [0.15, 0.2) is 11.5 Å². The smallest absolute Gasteiger partial charge is 0.255 e. The molecule has 7 heteroatoms. The lowest BCUT2D eigenvalue weighted by molar-refractivity contribution is 0.102. The summed E-state index contributed by atoms with van der Waals surface area (Å²) in [6.07, 6.45) is 1.52.